The van der Waals surface area contributed by atoms with Gasteiger partial charge in [0, 0.05) is 5.56 Å². The number of benzene rings is 2. The molecule has 18 heavy (non-hydrogen) atoms. The average Bonchev–Trinajstić information content (AvgIpc) is 2.36. The largest absolute Gasteiger partial charge is 0.396 e. The third-order valence-corrected chi connectivity index (χ3v) is 2.55. The normalized spacial score (nSPS) is 10.6. The van der Waals surface area contributed by atoms with Crippen molar-refractivity contribution in [3.05, 3.63) is 65.2 Å². The molecule has 0 heterocycles. The van der Waals surface area contributed by atoms with Crippen LogP contribution in [0.5, 0.6) is 0 Å². The number of anilines is 1. The number of hydrogen-bond acceptors (Lipinski definition) is 2. The van der Waals surface area contributed by atoms with Gasteiger partial charge in [0.05, 0.1) is 18.9 Å². The van der Waals surface area contributed by atoms with Crippen molar-refractivity contribution in [2.45, 2.75) is 13.2 Å². The average molecular weight is 249 g/mol. The molecule has 0 aliphatic rings. The summed E-state index contributed by atoms with van der Waals surface area (Å²) in [6.45, 7) is 0.365. The van der Waals surface area contributed by atoms with Crippen LogP contribution < -0.4 is 5.73 Å². The van der Waals surface area contributed by atoms with Crippen LogP contribution in [0.4, 0.5) is 14.5 Å². The fourth-order valence-electron chi connectivity index (χ4n) is 1.55. The standard InChI is InChI=1S/C14H13F2NO/c15-12-4-2-1-3-11(12)9-18-8-10-5-6-14(17)13(16)7-10/h1-7H,8-9,17H2. The Hall–Kier alpha value is -1.94. The van der Waals surface area contributed by atoms with Gasteiger partial charge in [-0.15, -0.1) is 0 Å². The Kier molecular flexibility index (Phi) is 3.89. The summed E-state index contributed by atoms with van der Waals surface area (Å²) in [6.07, 6.45) is 0. The molecular weight excluding hydrogens is 236 g/mol. The molecule has 2 aromatic rings. The number of rotatable bonds is 4. The monoisotopic (exact) mass is 249 g/mol. The molecule has 94 valence electrons. The Bertz CT molecular complexity index is 543. The number of halogens is 2. The van der Waals surface area contributed by atoms with E-state index in [0.29, 0.717) is 11.1 Å². The molecule has 2 nitrogen and oxygen atoms in total. The summed E-state index contributed by atoms with van der Waals surface area (Å²) in [5.74, 6) is -0.775. The molecule has 0 atom stereocenters. The summed E-state index contributed by atoms with van der Waals surface area (Å²) >= 11 is 0. The smallest absolute Gasteiger partial charge is 0.146 e. The van der Waals surface area contributed by atoms with Crippen molar-refractivity contribution in [2.24, 2.45) is 0 Å². The topological polar surface area (TPSA) is 35.2 Å². The van der Waals surface area contributed by atoms with E-state index in [9.17, 15) is 8.78 Å². The Balaban J connectivity index is 1.92. The van der Waals surface area contributed by atoms with Crippen molar-refractivity contribution in [1.82, 2.24) is 0 Å². The number of nitrogen functional groups attached to an aromatic ring is 1. The lowest BCUT2D eigenvalue weighted by Crippen LogP contribution is -1.98. The molecule has 0 spiro atoms. The first-order valence-electron chi connectivity index (χ1n) is 5.52. The molecule has 2 aromatic carbocycles. The highest BCUT2D eigenvalue weighted by atomic mass is 19.1. The first-order chi connectivity index (χ1) is 8.66. The summed E-state index contributed by atoms with van der Waals surface area (Å²) in [5.41, 5.74) is 6.61. The van der Waals surface area contributed by atoms with Crippen LogP contribution in [0.15, 0.2) is 42.5 Å². The van der Waals surface area contributed by atoms with Gasteiger partial charge >= 0.3 is 0 Å². The van der Waals surface area contributed by atoms with Crippen molar-refractivity contribution in [1.29, 1.82) is 0 Å². The number of ether oxygens (including phenoxy) is 1. The predicted octanol–water partition coefficient (Wildman–Crippen LogP) is 3.26. The highest BCUT2D eigenvalue weighted by Gasteiger charge is 2.03. The Labute approximate surface area is 104 Å². The van der Waals surface area contributed by atoms with Crippen molar-refractivity contribution in [2.75, 3.05) is 5.73 Å². The zero-order valence-electron chi connectivity index (χ0n) is 9.70. The second-order valence-corrected chi connectivity index (χ2v) is 3.94. The Morgan fingerprint density at radius 2 is 1.72 bits per heavy atom. The molecule has 0 amide bonds. The second kappa shape index (κ2) is 5.60. The first kappa shape index (κ1) is 12.5. The highest BCUT2D eigenvalue weighted by molar-refractivity contribution is 5.41. The van der Waals surface area contributed by atoms with Crippen molar-refractivity contribution >= 4 is 5.69 Å². The summed E-state index contributed by atoms with van der Waals surface area (Å²) in [7, 11) is 0. The van der Waals surface area contributed by atoms with Gasteiger partial charge in [-0.3, -0.25) is 0 Å². The van der Waals surface area contributed by atoms with Crippen LogP contribution in [-0.4, -0.2) is 0 Å². The van der Waals surface area contributed by atoms with Crippen molar-refractivity contribution in [3.63, 3.8) is 0 Å². The third-order valence-electron chi connectivity index (χ3n) is 2.55. The molecule has 0 aliphatic carbocycles. The molecule has 0 radical (unpaired) electrons. The zero-order chi connectivity index (χ0) is 13.0. The Morgan fingerprint density at radius 1 is 0.944 bits per heavy atom. The van der Waals surface area contributed by atoms with E-state index >= 15 is 0 Å². The molecule has 0 bridgehead atoms. The van der Waals surface area contributed by atoms with E-state index in [4.69, 9.17) is 10.5 Å². The molecule has 0 unspecified atom stereocenters. The maximum atomic E-state index is 13.3. The lowest BCUT2D eigenvalue weighted by Gasteiger charge is -2.06. The van der Waals surface area contributed by atoms with Crippen molar-refractivity contribution < 1.29 is 13.5 Å². The molecule has 2 N–H and O–H groups in total. The SMILES string of the molecule is Nc1ccc(COCc2ccccc2F)cc1F. The molecule has 0 saturated carbocycles. The van der Waals surface area contributed by atoms with E-state index in [1.165, 1.54) is 18.2 Å². The van der Waals surface area contributed by atoms with Gasteiger partial charge in [-0.2, -0.15) is 0 Å². The van der Waals surface area contributed by atoms with E-state index in [-0.39, 0.29) is 24.7 Å². The van der Waals surface area contributed by atoms with Gasteiger partial charge in [-0.25, -0.2) is 8.78 Å². The van der Waals surface area contributed by atoms with Gasteiger partial charge in [-0.05, 0) is 23.8 Å². The van der Waals surface area contributed by atoms with Crippen LogP contribution >= 0.6 is 0 Å². The van der Waals surface area contributed by atoms with E-state index < -0.39 is 5.82 Å². The van der Waals surface area contributed by atoms with Crippen LogP contribution in [0.25, 0.3) is 0 Å². The molecule has 0 aliphatic heterocycles. The van der Waals surface area contributed by atoms with Crippen LogP contribution in [0.3, 0.4) is 0 Å². The summed E-state index contributed by atoms with van der Waals surface area (Å²) in [6, 6.07) is 10.9. The van der Waals surface area contributed by atoms with Gasteiger partial charge < -0.3 is 10.5 Å². The van der Waals surface area contributed by atoms with E-state index in [1.807, 2.05) is 0 Å². The minimum absolute atomic E-state index is 0.104. The highest BCUT2D eigenvalue weighted by Crippen LogP contribution is 2.14. The van der Waals surface area contributed by atoms with Crippen LogP contribution in [0, 0.1) is 11.6 Å². The van der Waals surface area contributed by atoms with E-state index in [0.717, 1.165) is 0 Å². The van der Waals surface area contributed by atoms with Gasteiger partial charge in [0.1, 0.15) is 11.6 Å². The minimum Gasteiger partial charge on any atom is -0.396 e. The Morgan fingerprint density at radius 3 is 2.44 bits per heavy atom. The summed E-state index contributed by atoms with van der Waals surface area (Å²) in [4.78, 5) is 0. The molecule has 2 rings (SSSR count). The number of nitrogens with two attached hydrogens (primary N) is 1. The van der Waals surface area contributed by atoms with Crippen LogP contribution in [-0.2, 0) is 18.0 Å². The maximum absolute atomic E-state index is 13.3. The maximum Gasteiger partial charge on any atom is 0.146 e. The minimum atomic E-state index is -0.470. The fraction of sp³-hybridized carbons (Fsp3) is 0.143. The molecule has 0 fully saturated rings. The lowest BCUT2D eigenvalue weighted by atomic mass is 10.2. The van der Waals surface area contributed by atoms with Crippen LogP contribution in [0.2, 0.25) is 0 Å². The summed E-state index contributed by atoms with van der Waals surface area (Å²) in [5, 5.41) is 0. The van der Waals surface area contributed by atoms with Crippen molar-refractivity contribution in [3.8, 4) is 0 Å². The van der Waals surface area contributed by atoms with Gasteiger partial charge in [-0.1, -0.05) is 24.3 Å². The molecular formula is C14H13F2NO. The van der Waals surface area contributed by atoms with Gasteiger partial charge in [0.2, 0.25) is 0 Å². The van der Waals surface area contributed by atoms with Gasteiger partial charge in [0.25, 0.3) is 0 Å². The molecule has 0 aromatic heterocycles. The van der Waals surface area contributed by atoms with E-state index in [2.05, 4.69) is 0 Å². The quantitative estimate of drug-likeness (QED) is 0.844. The number of hydrogen-bond donors (Lipinski definition) is 1. The second-order valence-electron chi connectivity index (χ2n) is 3.94. The fourth-order valence-corrected chi connectivity index (χ4v) is 1.55. The van der Waals surface area contributed by atoms with E-state index in [1.54, 1.807) is 24.3 Å². The van der Waals surface area contributed by atoms with Crippen LogP contribution in [0.1, 0.15) is 11.1 Å². The van der Waals surface area contributed by atoms with Gasteiger partial charge in [0.15, 0.2) is 0 Å². The predicted molar refractivity (Wildman–Crippen MR) is 65.7 cm³/mol. The first-order valence-corrected chi connectivity index (χ1v) is 5.52. The summed E-state index contributed by atoms with van der Waals surface area (Å²) < 4.78 is 31.8. The third kappa shape index (κ3) is 3.05. The molecule has 0 saturated heterocycles. The zero-order valence-corrected chi connectivity index (χ0v) is 9.70. The lowest BCUT2D eigenvalue weighted by molar-refractivity contribution is 0.104. The molecule has 4 heteroatoms.